The maximum atomic E-state index is 11.6. The lowest BCUT2D eigenvalue weighted by Crippen LogP contribution is -2.26. The number of carbonyl (C=O) groups is 1. The summed E-state index contributed by atoms with van der Waals surface area (Å²) < 4.78 is 5.15. The molecule has 0 spiro atoms. The second kappa shape index (κ2) is 4.70. The Morgan fingerprint density at radius 3 is 2.83 bits per heavy atom. The number of aryl methyl sites for hydroxylation is 1. The number of carbonyl (C=O) groups excluding carboxylic acids is 1. The van der Waals surface area contributed by atoms with Gasteiger partial charge in [-0.1, -0.05) is 6.92 Å². The van der Waals surface area contributed by atoms with Crippen LogP contribution >= 0.6 is 0 Å². The van der Waals surface area contributed by atoms with Gasteiger partial charge in [0, 0.05) is 23.0 Å². The summed E-state index contributed by atoms with van der Waals surface area (Å²) in [6.45, 7) is 3.52. The highest BCUT2D eigenvalue weighted by molar-refractivity contribution is 6.03. The molecule has 2 aromatic rings. The first-order valence-electron chi connectivity index (χ1n) is 5.76. The molecule has 0 bridgehead atoms. The standard InChI is InChI=1S/C13H16N2O3/c1-4-12(16)15(17)13-8(2)14-11-6-5-9(18-3)7-10(11)13/h5-7,14,17H,4H2,1-3H3. The summed E-state index contributed by atoms with van der Waals surface area (Å²) in [5.74, 6) is 0.335. The number of benzene rings is 1. The van der Waals surface area contributed by atoms with E-state index in [1.807, 2.05) is 19.1 Å². The fourth-order valence-corrected chi connectivity index (χ4v) is 1.97. The number of fused-ring (bicyclic) bond motifs is 1. The van der Waals surface area contributed by atoms with Crippen molar-refractivity contribution >= 4 is 22.5 Å². The molecule has 2 N–H and O–H groups in total. The van der Waals surface area contributed by atoms with E-state index in [4.69, 9.17) is 4.74 Å². The molecule has 0 unspecified atom stereocenters. The Balaban J connectivity index is 2.61. The number of anilines is 1. The van der Waals surface area contributed by atoms with Gasteiger partial charge in [-0.3, -0.25) is 10.0 Å². The molecule has 1 aromatic carbocycles. The van der Waals surface area contributed by atoms with Crippen LogP contribution in [0.3, 0.4) is 0 Å². The topological polar surface area (TPSA) is 65.6 Å². The van der Waals surface area contributed by atoms with Crippen LogP contribution in [0.5, 0.6) is 5.75 Å². The van der Waals surface area contributed by atoms with Gasteiger partial charge in [-0.15, -0.1) is 0 Å². The van der Waals surface area contributed by atoms with Gasteiger partial charge in [0.2, 0.25) is 5.91 Å². The Bertz CT molecular complexity index is 589. The molecular formula is C13H16N2O3. The molecule has 0 aliphatic carbocycles. The van der Waals surface area contributed by atoms with Crippen LogP contribution in [0, 0.1) is 6.92 Å². The number of hydroxylamine groups is 1. The van der Waals surface area contributed by atoms with Crippen molar-refractivity contribution in [1.82, 2.24) is 4.98 Å². The second-order valence-corrected chi connectivity index (χ2v) is 4.07. The van der Waals surface area contributed by atoms with Crippen LogP contribution in [0.2, 0.25) is 0 Å². The summed E-state index contributed by atoms with van der Waals surface area (Å²) in [6.07, 6.45) is 0.243. The minimum absolute atomic E-state index is 0.243. The summed E-state index contributed by atoms with van der Waals surface area (Å²) in [5.41, 5.74) is 2.07. The molecule has 0 radical (unpaired) electrons. The van der Waals surface area contributed by atoms with Crippen molar-refractivity contribution in [2.45, 2.75) is 20.3 Å². The average molecular weight is 248 g/mol. The minimum atomic E-state index is -0.346. The number of ether oxygens (including phenoxy) is 1. The van der Waals surface area contributed by atoms with E-state index in [9.17, 15) is 10.0 Å². The third kappa shape index (κ3) is 1.93. The van der Waals surface area contributed by atoms with E-state index >= 15 is 0 Å². The van der Waals surface area contributed by atoms with Gasteiger partial charge in [0.05, 0.1) is 7.11 Å². The number of nitrogens with zero attached hydrogens (tertiary/aromatic N) is 1. The first kappa shape index (κ1) is 12.4. The summed E-state index contributed by atoms with van der Waals surface area (Å²) >= 11 is 0. The highest BCUT2D eigenvalue weighted by Gasteiger charge is 2.19. The van der Waals surface area contributed by atoms with Gasteiger partial charge in [0.15, 0.2) is 0 Å². The molecule has 1 heterocycles. The summed E-state index contributed by atoms with van der Waals surface area (Å²) in [7, 11) is 1.58. The Hall–Kier alpha value is -2.01. The maximum absolute atomic E-state index is 11.6. The molecule has 96 valence electrons. The molecule has 0 aliphatic heterocycles. The monoisotopic (exact) mass is 248 g/mol. The molecular weight excluding hydrogens is 232 g/mol. The number of amides is 1. The Kier molecular flexibility index (Phi) is 3.25. The summed E-state index contributed by atoms with van der Waals surface area (Å²) in [5, 5.41) is 11.4. The quantitative estimate of drug-likeness (QED) is 0.648. The van der Waals surface area contributed by atoms with Crippen LogP contribution in [0.15, 0.2) is 18.2 Å². The van der Waals surface area contributed by atoms with Crippen molar-refractivity contribution in [3.05, 3.63) is 23.9 Å². The van der Waals surface area contributed by atoms with Crippen molar-refractivity contribution in [3.8, 4) is 5.75 Å². The number of nitrogens with one attached hydrogen (secondary N) is 1. The SMILES string of the molecule is CCC(=O)N(O)c1c(C)[nH]c2ccc(OC)cc12. The zero-order valence-electron chi connectivity index (χ0n) is 10.7. The lowest BCUT2D eigenvalue weighted by molar-refractivity contribution is -0.123. The van der Waals surface area contributed by atoms with E-state index in [1.165, 1.54) is 0 Å². The summed E-state index contributed by atoms with van der Waals surface area (Å²) in [4.78, 5) is 14.7. The van der Waals surface area contributed by atoms with Crippen LogP contribution < -0.4 is 9.80 Å². The zero-order chi connectivity index (χ0) is 13.3. The zero-order valence-corrected chi connectivity index (χ0v) is 10.7. The largest absolute Gasteiger partial charge is 0.497 e. The number of rotatable bonds is 3. The highest BCUT2D eigenvalue weighted by Crippen LogP contribution is 2.32. The molecule has 0 saturated heterocycles. The first-order chi connectivity index (χ1) is 8.58. The number of aromatic nitrogens is 1. The van der Waals surface area contributed by atoms with E-state index in [1.54, 1.807) is 20.1 Å². The van der Waals surface area contributed by atoms with E-state index in [0.29, 0.717) is 16.5 Å². The van der Waals surface area contributed by atoms with E-state index in [0.717, 1.165) is 16.6 Å². The predicted molar refractivity (Wildman–Crippen MR) is 69.2 cm³/mol. The van der Waals surface area contributed by atoms with Crippen molar-refractivity contribution in [2.24, 2.45) is 0 Å². The molecule has 0 atom stereocenters. The Labute approximate surface area is 105 Å². The van der Waals surface area contributed by atoms with Crippen LogP contribution in [-0.4, -0.2) is 23.2 Å². The van der Waals surface area contributed by atoms with Gasteiger partial charge in [-0.2, -0.15) is 5.06 Å². The van der Waals surface area contributed by atoms with E-state index in [2.05, 4.69) is 4.98 Å². The van der Waals surface area contributed by atoms with Crippen molar-refractivity contribution in [2.75, 3.05) is 12.2 Å². The Morgan fingerprint density at radius 1 is 1.50 bits per heavy atom. The van der Waals surface area contributed by atoms with E-state index < -0.39 is 0 Å². The highest BCUT2D eigenvalue weighted by atomic mass is 16.5. The van der Waals surface area contributed by atoms with E-state index in [-0.39, 0.29) is 12.3 Å². The smallest absolute Gasteiger partial charge is 0.250 e. The van der Waals surface area contributed by atoms with Crippen LogP contribution in [-0.2, 0) is 4.79 Å². The van der Waals surface area contributed by atoms with Gasteiger partial charge in [-0.05, 0) is 25.1 Å². The molecule has 5 heteroatoms. The molecule has 2 rings (SSSR count). The van der Waals surface area contributed by atoms with Gasteiger partial charge >= 0.3 is 0 Å². The fraction of sp³-hybridized carbons (Fsp3) is 0.308. The fourth-order valence-electron chi connectivity index (χ4n) is 1.97. The average Bonchev–Trinajstić information content (AvgIpc) is 2.71. The molecule has 0 fully saturated rings. The maximum Gasteiger partial charge on any atom is 0.250 e. The van der Waals surface area contributed by atoms with Crippen LogP contribution in [0.4, 0.5) is 5.69 Å². The first-order valence-corrected chi connectivity index (χ1v) is 5.76. The lowest BCUT2D eigenvalue weighted by Gasteiger charge is -2.14. The van der Waals surface area contributed by atoms with Crippen LogP contribution in [0.25, 0.3) is 10.9 Å². The second-order valence-electron chi connectivity index (χ2n) is 4.07. The number of hydrogen-bond donors (Lipinski definition) is 2. The van der Waals surface area contributed by atoms with Gasteiger partial charge in [0.1, 0.15) is 11.4 Å². The minimum Gasteiger partial charge on any atom is -0.497 e. The number of aromatic amines is 1. The number of methoxy groups -OCH3 is 1. The van der Waals surface area contributed by atoms with Gasteiger partial charge in [-0.25, -0.2) is 0 Å². The lowest BCUT2D eigenvalue weighted by atomic mass is 10.2. The van der Waals surface area contributed by atoms with Gasteiger partial charge in [0.25, 0.3) is 0 Å². The van der Waals surface area contributed by atoms with Crippen molar-refractivity contribution in [1.29, 1.82) is 0 Å². The van der Waals surface area contributed by atoms with Crippen molar-refractivity contribution in [3.63, 3.8) is 0 Å². The molecule has 1 amide bonds. The molecule has 18 heavy (non-hydrogen) atoms. The van der Waals surface area contributed by atoms with Gasteiger partial charge < -0.3 is 9.72 Å². The molecule has 5 nitrogen and oxygen atoms in total. The summed E-state index contributed by atoms with van der Waals surface area (Å²) in [6, 6.07) is 5.47. The normalized spacial score (nSPS) is 10.7. The molecule has 0 aliphatic rings. The molecule has 1 aromatic heterocycles. The van der Waals surface area contributed by atoms with Crippen LogP contribution in [0.1, 0.15) is 19.0 Å². The Morgan fingerprint density at radius 2 is 2.22 bits per heavy atom. The predicted octanol–water partition coefficient (Wildman–Crippen LogP) is 2.62. The number of hydrogen-bond acceptors (Lipinski definition) is 3. The third-order valence-electron chi connectivity index (χ3n) is 2.91. The van der Waals surface area contributed by atoms with Crippen molar-refractivity contribution < 1.29 is 14.7 Å². The number of H-pyrrole nitrogens is 1. The third-order valence-corrected chi connectivity index (χ3v) is 2.91. The molecule has 0 saturated carbocycles.